The SMILES string of the molecule is O=C(COCC(F)(F)C(F)F)NCc1csc(-c2ncccn2)n1. The van der Waals surface area contributed by atoms with Gasteiger partial charge in [0.25, 0.3) is 0 Å². The van der Waals surface area contributed by atoms with Gasteiger partial charge in [-0.2, -0.15) is 8.78 Å². The van der Waals surface area contributed by atoms with Crippen molar-refractivity contribution >= 4 is 17.2 Å². The minimum atomic E-state index is -4.28. The van der Waals surface area contributed by atoms with Crippen LogP contribution in [0.2, 0.25) is 0 Å². The Hall–Kier alpha value is -2.14. The van der Waals surface area contributed by atoms with Crippen LogP contribution < -0.4 is 5.32 Å². The monoisotopic (exact) mass is 364 g/mol. The fraction of sp³-hybridized carbons (Fsp3) is 0.385. The number of thiazole rings is 1. The molecule has 2 rings (SSSR count). The molecule has 1 N–H and O–H groups in total. The maximum Gasteiger partial charge on any atom is 0.330 e. The second-order valence-corrected chi connectivity index (χ2v) is 5.41. The average Bonchev–Trinajstić information content (AvgIpc) is 3.02. The molecule has 0 aliphatic carbocycles. The van der Waals surface area contributed by atoms with Crippen molar-refractivity contribution in [1.82, 2.24) is 20.3 Å². The Kier molecular flexibility index (Phi) is 6.15. The molecule has 6 nitrogen and oxygen atoms in total. The molecule has 2 heterocycles. The van der Waals surface area contributed by atoms with E-state index >= 15 is 0 Å². The molecular weight excluding hydrogens is 352 g/mol. The molecule has 0 saturated heterocycles. The van der Waals surface area contributed by atoms with Gasteiger partial charge >= 0.3 is 12.3 Å². The average molecular weight is 364 g/mol. The summed E-state index contributed by atoms with van der Waals surface area (Å²) in [6.45, 7) is -2.23. The number of carbonyl (C=O) groups is 1. The molecule has 0 radical (unpaired) electrons. The van der Waals surface area contributed by atoms with Gasteiger partial charge in [-0.3, -0.25) is 4.79 Å². The summed E-state index contributed by atoms with van der Waals surface area (Å²) in [6.07, 6.45) is -0.704. The van der Waals surface area contributed by atoms with Crippen LogP contribution in [0, 0.1) is 0 Å². The highest BCUT2D eigenvalue weighted by Crippen LogP contribution is 2.22. The fourth-order valence-corrected chi connectivity index (χ4v) is 2.25. The van der Waals surface area contributed by atoms with Gasteiger partial charge in [0.2, 0.25) is 5.91 Å². The van der Waals surface area contributed by atoms with Crippen molar-refractivity contribution < 1.29 is 27.1 Å². The van der Waals surface area contributed by atoms with E-state index in [0.29, 0.717) is 16.5 Å². The van der Waals surface area contributed by atoms with Crippen molar-refractivity contribution in [3.8, 4) is 10.8 Å². The zero-order chi connectivity index (χ0) is 17.6. The lowest BCUT2D eigenvalue weighted by Crippen LogP contribution is -2.35. The molecule has 2 aromatic rings. The van der Waals surface area contributed by atoms with E-state index in [1.54, 1.807) is 23.8 Å². The van der Waals surface area contributed by atoms with Crippen LogP contribution in [0.4, 0.5) is 17.6 Å². The van der Waals surface area contributed by atoms with Crippen molar-refractivity contribution in [3.63, 3.8) is 0 Å². The highest BCUT2D eigenvalue weighted by atomic mass is 32.1. The molecule has 0 bridgehead atoms. The second kappa shape index (κ2) is 8.11. The largest absolute Gasteiger partial charge is 0.365 e. The summed E-state index contributed by atoms with van der Waals surface area (Å²) in [5.41, 5.74) is 0.522. The number of amides is 1. The lowest BCUT2D eigenvalue weighted by atomic mass is 10.4. The molecule has 0 aliphatic heterocycles. The van der Waals surface area contributed by atoms with E-state index in [2.05, 4.69) is 25.0 Å². The van der Waals surface area contributed by atoms with Gasteiger partial charge in [-0.25, -0.2) is 23.7 Å². The van der Waals surface area contributed by atoms with E-state index < -0.39 is 31.5 Å². The van der Waals surface area contributed by atoms with Crippen LogP contribution >= 0.6 is 11.3 Å². The number of alkyl halides is 4. The van der Waals surface area contributed by atoms with Gasteiger partial charge in [0.05, 0.1) is 12.2 Å². The van der Waals surface area contributed by atoms with E-state index in [0.717, 1.165) is 0 Å². The minimum absolute atomic E-state index is 0.0385. The predicted molar refractivity (Wildman–Crippen MR) is 76.8 cm³/mol. The number of aromatic nitrogens is 3. The lowest BCUT2D eigenvalue weighted by molar-refractivity contribution is -0.168. The van der Waals surface area contributed by atoms with E-state index in [-0.39, 0.29) is 6.54 Å². The zero-order valence-corrected chi connectivity index (χ0v) is 12.9. The number of halogens is 4. The van der Waals surface area contributed by atoms with Crippen molar-refractivity contribution in [2.75, 3.05) is 13.2 Å². The van der Waals surface area contributed by atoms with Crippen molar-refractivity contribution in [2.24, 2.45) is 0 Å². The highest BCUT2D eigenvalue weighted by Gasteiger charge is 2.41. The third-order valence-corrected chi connectivity index (χ3v) is 3.51. The first kappa shape index (κ1) is 18.2. The summed E-state index contributed by atoms with van der Waals surface area (Å²) in [7, 11) is 0. The number of carbonyl (C=O) groups excluding carboxylic acids is 1. The van der Waals surface area contributed by atoms with Crippen molar-refractivity contribution in [2.45, 2.75) is 18.9 Å². The van der Waals surface area contributed by atoms with Gasteiger partial charge in [-0.15, -0.1) is 11.3 Å². The molecule has 0 atom stereocenters. The zero-order valence-electron chi connectivity index (χ0n) is 12.1. The van der Waals surface area contributed by atoms with E-state index in [4.69, 9.17) is 0 Å². The number of nitrogens with zero attached hydrogens (tertiary/aromatic N) is 3. The maximum absolute atomic E-state index is 12.6. The Morgan fingerprint density at radius 2 is 2.04 bits per heavy atom. The summed E-state index contributed by atoms with van der Waals surface area (Å²) in [6, 6.07) is 1.66. The predicted octanol–water partition coefficient (Wildman–Crippen LogP) is 2.13. The van der Waals surface area contributed by atoms with Gasteiger partial charge in [-0.1, -0.05) is 0 Å². The van der Waals surface area contributed by atoms with E-state index in [9.17, 15) is 22.4 Å². The number of nitrogens with one attached hydrogen (secondary N) is 1. The third kappa shape index (κ3) is 5.20. The van der Waals surface area contributed by atoms with Crippen molar-refractivity contribution in [1.29, 1.82) is 0 Å². The highest BCUT2D eigenvalue weighted by molar-refractivity contribution is 7.13. The van der Waals surface area contributed by atoms with Crippen LogP contribution in [0.25, 0.3) is 10.8 Å². The lowest BCUT2D eigenvalue weighted by Gasteiger charge is -2.14. The summed E-state index contributed by atoms with van der Waals surface area (Å²) in [5.74, 6) is -4.55. The molecular formula is C13H12F4N4O2S. The van der Waals surface area contributed by atoms with Gasteiger partial charge < -0.3 is 10.1 Å². The molecule has 0 spiro atoms. The van der Waals surface area contributed by atoms with Crippen molar-refractivity contribution in [3.05, 3.63) is 29.5 Å². The molecule has 0 unspecified atom stereocenters. The molecule has 2 aromatic heterocycles. The van der Waals surface area contributed by atoms with Crippen LogP contribution in [0.1, 0.15) is 5.69 Å². The number of hydrogen-bond donors (Lipinski definition) is 1. The topological polar surface area (TPSA) is 77.0 Å². The standard InChI is InChI=1S/C13H12F4N4O2S/c14-12(15)13(16,17)7-23-5-9(22)20-4-8-6-24-11(21-8)10-18-2-1-3-19-10/h1-3,6,12H,4-5,7H2,(H,20,22). The summed E-state index contributed by atoms with van der Waals surface area (Å²) < 4.78 is 53.3. The fourth-order valence-electron chi connectivity index (χ4n) is 1.48. The quantitative estimate of drug-likeness (QED) is 0.726. The molecule has 0 aromatic carbocycles. The Labute approximate surface area is 137 Å². The Morgan fingerprint density at radius 1 is 1.33 bits per heavy atom. The first-order chi connectivity index (χ1) is 11.4. The smallest absolute Gasteiger partial charge is 0.330 e. The summed E-state index contributed by atoms with van der Waals surface area (Å²) >= 11 is 1.28. The molecule has 0 saturated carbocycles. The molecule has 1 amide bonds. The summed E-state index contributed by atoms with van der Waals surface area (Å²) in [5, 5.41) is 4.63. The van der Waals surface area contributed by atoms with E-state index in [1.165, 1.54) is 11.3 Å². The number of hydrogen-bond acceptors (Lipinski definition) is 6. The molecule has 0 aliphatic rings. The first-order valence-corrected chi connectivity index (χ1v) is 7.48. The third-order valence-electron chi connectivity index (χ3n) is 2.62. The Morgan fingerprint density at radius 3 is 2.71 bits per heavy atom. The van der Waals surface area contributed by atoms with Crippen LogP contribution in [0.15, 0.2) is 23.8 Å². The van der Waals surface area contributed by atoms with Crippen LogP contribution in [-0.4, -0.2) is 46.4 Å². The maximum atomic E-state index is 12.6. The Balaban J connectivity index is 1.76. The minimum Gasteiger partial charge on any atom is -0.365 e. The van der Waals surface area contributed by atoms with Gasteiger partial charge in [0.1, 0.15) is 13.2 Å². The molecule has 130 valence electrons. The van der Waals surface area contributed by atoms with Crippen LogP contribution in [0.3, 0.4) is 0 Å². The number of rotatable bonds is 8. The van der Waals surface area contributed by atoms with E-state index in [1.807, 2.05) is 0 Å². The normalized spacial score (nSPS) is 11.7. The van der Waals surface area contributed by atoms with Gasteiger partial charge in [-0.05, 0) is 6.07 Å². The summed E-state index contributed by atoms with van der Waals surface area (Å²) in [4.78, 5) is 23.7. The number of ether oxygens (including phenoxy) is 1. The molecule has 24 heavy (non-hydrogen) atoms. The van der Waals surface area contributed by atoms with Gasteiger partial charge in [0.15, 0.2) is 10.8 Å². The van der Waals surface area contributed by atoms with Gasteiger partial charge in [0, 0.05) is 17.8 Å². The second-order valence-electron chi connectivity index (χ2n) is 4.55. The first-order valence-electron chi connectivity index (χ1n) is 6.60. The van der Waals surface area contributed by atoms with Crippen LogP contribution in [0.5, 0.6) is 0 Å². The van der Waals surface area contributed by atoms with Crippen LogP contribution in [-0.2, 0) is 16.1 Å². The molecule has 0 fully saturated rings. The molecule has 11 heteroatoms. The Bertz CT molecular complexity index is 669.